The minimum absolute atomic E-state index is 0.597. The minimum atomic E-state index is 0.597. The maximum atomic E-state index is 6.64. The molecule has 0 amide bonds. The van der Waals surface area contributed by atoms with E-state index in [2.05, 4.69) is 120 Å². The normalized spacial score (nSPS) is 11.6. The largest absolute Gasteiger partial charge is 0.454 e. The molecular weight excluding hydrogens is 613 g/mol. The zero-order valence-corrected chi connectivity index (χ0v) is 26.9. The lowest BCUT2D eigenvalue weighted by Crippen LogP contribution is -2.03. The molecule has 3 heterocycles. The molecule has 0 aliphatic heterocycles. The molecule has 10 rings (SSSR count). The van der Waals surface area contributed by atoms with E-state index >= 15 is 0 Å². The second-order valence-corrected chi connectivity index (χ2v) is 12.4. The molecule has 0 bridgehead atoms. The van der Waals surface area contributed by atoms with E-state index in [9.17, 15) is 0 Å². The van der Waals surface area contributed by atoms with Crippen LogP contribution >= 0.6 is 0 Å². The number of furan rings is 1. The molecule has 234 valence electrons. The summed E-state index contributed by atoms with van der Waals surface area (Å²) in [5, 5.41) is 4.46. The van der Waals surface area contributed by atoms with Crippen LogP contribution < -0.4 is 0 Å². The van der Waals surface area contributed by atoms with Crippen molar-refractivity contribution in [3.05, 3.63) is 170 Å². The fraction of sp³-hybridized carbons (Fsp3) is 0. The van der Waals surface area contributed by atoms with Crippen molar-refractivity contribution < 1.29 is 4.42 Å². The number of aromatic nitrogens is 4. The lowest BCUT2D eigenvalue weighted by molar-refractivity contribution is 0.671. The second kappa shape index (κ2) is 11.4. The number of hydrogen-bond donors (Lipinski definition) is 0. The van der Waals surface area contributed by atoms with E-state index in [1.807, 2.05) is 54.6 Å². The Balaban J connectivity index is 1.22. The fourth-order valence-electron chi connectivity index (χ4n) is 7.12. The van der Waals surface area contributed by atoms with E-state index in [1.54, 1.807) is 0 Å². The molecule has 0 saturated carbocycles. The Hall–Kier alpha value is -6.85. The minimum Gasteiger partial charge on any atom is -0.454 e. The fourth-order valence-corrected chi connectivity index (χ4v) is 7.12. The number of benzene rings is 7. The monoisotopic (exact) mass is 640 g/mol. The third-order valence-electron chi connectivity index (χ3n) is 9.48. The van der Waals surface area contributed by atoms with Gasteiger partial charge in [-0.1, -0.05) is 140 Å². The highest BCUT2D eigenvalue weighted by Crippen LogP contribution is 2.42. The molecule has 3 aromatic heterocycles. The highest BCUT2D eigenvalue weighted by molar-refractivity contribution is 6.21. The zero-order valence-electron chi connectivity index (χ0n) is 26.9. The Morgan fingerprint density at radius 3 is 1.70 bits per heavy atom. The Labute approximate surface area is 287 Å². The van der Waals surface area contributed by atoms with Gasteiger partial charge >= 0.3 is 0 Å². The average Bonchev–Trinajstić information content (AvgIpc) is 3.75. The van der Waals surface area contributed by atoms with Crippen LogP contribution in [0.5, 0.6) is 0 Å². The van der Waals surface area contributed by atoms with Gasteiger partial charge in [0.1, 0.15) is 5.58 Å². The summed E-state index contributed by atoms with van der Waals surface area (Å²) >= 11 is 0. The lowest BCUT2D eigenvalue weighted by atomic mass is 10.0. The van der Waals surface area contributed by atoms with E-state index < -0.39 is 0 Å². The van der Waals surface area contributed by atoms with Crippen LogP contribution in [0.4, 0.5) is 0 Å². The van der Waals surface area contributed by atoms with E-state index in [0.717, 1.165) is 71.7 Å². The molecule has 50 heavy (non-hydrogen) atoms. The van der Waals surface area contributed by atoms with Crippen molar-refractivity contribution in [1.82, 2.24) is 19.5 Å². The number of fused-ring (bicyclic) bond motifs is 7. The van der Waals surface area contributed by atoms with Crippen LogP contribution in [0.15, 0.2) is 174 Å². The van der Waals surface area contributed by atoms with Crippen LogP contribution in [0.3, 0.4) is 0 Å². The molecular formula is C45H28N4O. The Morgan fingerprint density at radius 1 is 0.380 bits per heavy atom. The smallest absolute Gasteiger partial charge is 0.166 e. The van der Waals surface area contributed by atoms with E-state index in [0.29, 0.717) is 17.5 Å². The van der Waals surface area contributed by atoms with Crippen molar-refractivity contribution in [3.63, 3.8) is 0 Å². The standard InChI is InChI=1S/C45H28N4O/c1-3-13-29(14-4-1)30-23-25-32(26-24-30)44-46-43(31-15-5-2-6-16-31)47-45(48-44)37-19-8-11-21-39(37)49-38-20-10-7-17-33(38)35-27-28-36-34-18-9-12-22-40(34)50-42(36)41(35)49/h1-28H. The first-order chi connectivity index (χ1) is 24.8. The highest BCUT2D eigenvalue weighted by Gasteiger charge is 2.22. The maximum Gasteiger partial charge on any atom is 0.166 e. The van der Waals surface area contributed by atoms with Crippen LogP contribution in [0.1, 0.15) is 0 Å². The molecule has 5 heteroatoms. The van der Waals surface area contributed by atoms with Gasteiger partial charge in [-0.2, -0.15) is 0 Å². The molecule has 7 aromatic carbocycles. The van der Waals surface area contributed by atoms with Gasteiger partial charge in [0.15, 0.2) is 23.1 Å². The highest BCUT2D eigenvalue weighted by atomic mass is 16.3. The number of rotatable bonds is 5. The van der Waals surface area contributed by atoms with Crippen molar-refractivity contribution >= 4 is 43.7 Å². The molecule has 0 aliphatic rings. The van der Waals surface area contributed by atoms with Crippen LogP contribution in [-0.4, -0.2) is 19.5 Å². The van der Waals surface area contributed by atoms with Gasteiger partial charge in [0, 0.05) is 38.2 Å². The molecule has 10 aromatic rings. The van der Waals surface area contributed by atoms with Gasteiger partial charge in [0.05, 0.1) is 16.7 Å². The summed E-state index contributed by atoms with van der Waals surface area (Å²) in [4.78, 5) is 15.3. The quantitative estimate of drug-likeness (QED) is 0.188. The summed E-state index contributed by atoms with van der Waals surface area (Å²) in [6, 6.07) is 58.4. The van der Waals surface area contributed by atoms with Crippen LogP contribution in [0.25, 0.3) is 94.7 Å². The van der Waals surface area contributed by atoms with Crippen molar-refractivity contribution in [2.24, 2.45) is 0 Å². The number of nitrogens with zero attached hydrogens (tertiary/aromatic N) is 4. The van der Waals surface area contributed by atoms with Gasteiger partial charge in [-0.25, -0.2) is 15.0 Å². The molecule has 0 spiro atoms. The van der Waals surface area contributed by atoms with Crippen molar-refractivity contribution in [2.45, 2.75) is 0 Å². The SMILES string of the molecule is c1ccc(-c2ccc(-c3nc(-c4ccccc4)nc(-c4ccccc4-n4c5ccccc5c5ccc6c7ccccc7oc6c54)n3)cc2)cc1. The zero-order chi connectivity index (χ0) is 33.0. The first-order valence-electron chi connectivity index (χ1n) is 16.7. The molecule has 5 nitrogen and oxygen atoms in total. The first-order valence-corrected chi connectivity index (χ1v) is 16.7. The van der Waals surface area contributed by atoms with Gasteiger partial charge in [-0.05, 0) is 41.5 Å². The second-order valence-electron chi connectivity index (χ2n) is 12.4. The molecule has 0 fully saturated rings. The molecule has 0 radical (unpaired) electrons. The van der Waals surface area contributed by atoms with Gasteiger partial charge < -0.3 is 8.98 Å². The Kier molecular flexibility index (Phi) is 6.42. The third-order valence-corrected chi connectivity index (χ3v) is 9.48. The van der Waals surface area contributed by atoms with Gasteiger partial charge in [0.2, 0.25) is 0 Å². The summed E-state index contributed by atoms with van der Waals surface area (Å²) in [5.74, 6) is 1.83. The molecule has 0 saturated heterocycles. The molecule has 0 N–H and O–H groups in total. The number of hydrogen-bond acceptors (Lipinski definition) is 4. The predicted molar refractivity (Wildman–Crippen MR) is 203 cm³/mol. The van der Waals surface area contributed by atoms with Crippen LogP contribution in [-0.2, 0) is 0 Å². The van der Waals surface area contributed by atoms with Crippen molar-refractivity contribution in [3.8, 4) is 51.0 Å². The van der Waals surface area contributed by atoms with Crippen LogP contribution in [0.2, 0.25) is 0 Å². The molecule has 0 unspecified atom stereocenters. The average molecular weight is 641 g/mol. The third kappa shape index (κ3) is 4.52. The van der Waals surface area contributed by atoms with Gasteiger partial charge in [0.25, 0.3) is 0 Å². The maximum absolute atomic E-state index is 6.64. The Morgan fingerprint density at radius 2 is 0.920 bits per heavy atom. The van der Waals surface area contributed by atoms with Gasteiger partial charge in [-0.3, -0.25) is 0 Å². The van der Waals surface area contributed by atoms with Gasteiger partial charge in [-0.15, -0.1) is 0 Å². The molecule has 0 aliphatic carbocycles. The van der Waals surface area contributed by atoms with Crippen LogP contribution in [0, 0.1) is 0 Å². The topological polar surface area (TPSA) is 56.7 Å². The summed E-state index contributed by atoms with van der Waals surface area (Å²) in [6.45, 7) is 0. The van der Waals surface area contributed by atoms with E-state index in [4.69, 9.17) is 19.4 Å². The molecule has 0 atom stereocenters. The number of para-hydroxylation sites is 3. The lowest BCUT2D eigenvalue weighted by Gasteiger charge is -2.14. The first kappa shape index (κ1) is 28.2. The van der Waals surface area contributed by atoms with Crippen molar-refractivity contribution in [1.29, 1.82) is 0 Å². The van der Waals surface area contributed by atoms with Crippen molar-refractivity contribution in [2.75, 3.05) is 0 Å². The summed E-state index contributed by atoms with van der Waals surface area (Å²) in [5.41, 5.74) is 9.83. The Bertz CT molecular complexity index is 2850. The van der Waals surface area contributed by atoms with E-state index in [-0.39, 0.29) is 0 Å². The van der Waals surface area contributed by atoms with E-state index in [1.165, 1.54) is 5.56 Å². The summed E-state index contributed by atoms with van der Waals surface area (Å²) in [6.07, 6.45) is 0. The summed E-state index contributed by atoms with van der Waals surface area (Å²) in [7, 11) is 0. The predicted octanol–water partition coefficient (Wildman–Crippen LogP) is 11.5. The summed E-state index contributed by atoms with van der Waals surface area (Å²) < 4.78 is 8.95.